The van der Waals surface area contributed by atoms with Gasteiger partial charge in [-0.2, -0.15) is 4.31 Å². The van der Waals surface area contributed by atoms with Crippen molar-refractivity contribution in [3.8, 4) is 5.75 Å². The van der Waals surface area contributed by atoms with Crippen LogP contribution in [0.2, 0.25) is 5.02 Å². The topological polar surface area (TPSA) is 125 Å². The van der Waals surface area contributed by atoms with Crippen molar-refractivity contribution in [3.05, 3.63) is 47.5 Å². The molecule has 0 atom stereocenters. The Balaban J connectivity index is 1.74. The van der Waals surface area contributed by atoms with E-state index in [1.807, 2.05) is 0 Å². The summed E-state index contributed by atoms with van der Waals surface area (Å²) in [6.07, 6.45) is 0. The van der Waals surface area contributed by atoms with E-state index < -0.39 is 21.8 Å². The second kappa shape index (κ2) is 8.78. The third kappa shape index (κ3) is 5.04. The standard InChI is InChI=1S/C18H18ClN3O6S/c19-15-6-5-14(29(26,27)22-7-9-28-10-8-22)11-16(15)21-18(25)17(24)20-12-1-3-13(23)4-2-12/h1-6,11,23H,7-10H2,(H,20,24)(H,21,25). The van der Waals surface area contributed by atoms with E-state index in [0.717, 1.165) is 0 Å². The highest BCUT2D eigenvalue weighted by atomic mass is 35.5. The van der Waals surface area contributed by atoms with E-state index in [1.165, 1.54) is 46.8 Å². The molecule has 9 nitrogen and oxygen atoms in total. The first kappa shape index (κ1) is 21.1. The molecule has 3 N–H and O–H groups in total. The Morgan fingerprint density at radius 3 is 2.28 bits per heavy atom. The number of carbonyl (C=O) groups excluding carboxylic acids is 2. The zero-order valence-electron chi connectivity index (χ0n) is 15.1. The van der Waals surface area contributed by atoms with E-state index in [0.29, 0.717) is 18.9 Å². The number of aromatic hydroxyl groups is 1. The fourth-order valence-corrected chi connectivity index (χ4v) is 4.21. The number of amides is 2. The molecule has 1 aliphatic rings. The van der Waals surface area contributed by atoms with Gasteiger partial charge in [-0.3, -0.25) is 9.59 Å². The molecule has 0 aromatic heterocycles. The molecule has 0 radical (unpaired) electrons. The number of hydrogen-bond acceptors (Lipinski definition) is 6. The number of nitrogens with zero attached hydrogens (tertiary/aromatic N) is 1. The number of phenols is 1. The van der Waals surface area contributed by atoms with Crippen LogP contribution in [0.25, 0.3) is 0 Å². The second-order valence-electron chi connectivity index (χ2n) is 6.11. The Labute approximate surface area is 172 Å². The number of anilines is 2. The first-order valence-electron chi connectivity index (χ1n) is 8.56. The quantitative estimate of drug-likeness (QED) is 0.491. The summed E-state index contributed by atoms with van der Waals surface area (Å²) in [4.78, 5) is 24.2. The van der Waals surface area contributed by atoms with Crippen LogP contribution in [-0.4, -0.2) is 55.9 Å². The van der Waals surface area contributed by atoms with Crippen molar-refractivity contribution < 1.29 is 27.9 Å². The van der Waals surface area contributed by atoms with Gasteiger partial charge in [0.2, 0.25) is 10.0 Å². The average Bonchev–Trinajstić information content (AvgIpc) is 2.71. The number of phenolic OH excluding ortho intramolecular Hbond substituents is 1. The zero-order chi connectivity index (χ0) is 21.0. The predicted molar refractivity (Wildman–Crippen MR) is 106 cm³/mol. The molecule has 0 unspecified atom stereocenters. The number of morpholine rings is 1. The number of halogens is 1. The Morgan fingerprint density at radius 2 is 1.62 bits per heavy atom. The van der Waals surface area contributed by atoms with Crippen LogP contribution in [0.1, 0.15) is 0 Å². The largest absolute Gasteiger partial charge is 0.508 e. The van der Waals surface area contributed by atoms with Gasteiger partial charge in [0, 0.05) is 18.8 Å². The van der Waals surface area contributed by atoms with Crippen molar-refractivity contribution in [2.75, 3.05) is 36.9 Å². The van der Waals surface area contributed by atoms with Crippen molar-refractivity contribution in [3.63, 3.8) is 0 Å². The summed E-state index contributed by atoms with van der Waals surface area (Å²) in [5.41, 5.74) is 0.296. The van der Waals surface area contributed by atoms with Crippen LogP contribution in [0.4, 0.5) is 11.4 Å². The van der Waals surface area contributed by atoms with Crippen LogP contribution in [0.5, 0.6) is 5.75 Å². The maximum atomic E-state index is 12.8. The van der Waals surface area contributed by atoms with E-state index in [2.05, 4.69) is 10.6 Å². The summed E-state index contributed by atoms with van der Waals surface area (Å²) >= 11 is 6.06. The third-order valence-electron chi connectivity index (χ3n) is 4.13. The molecule has 1 saturated heterocycles. The lowest BCUT2D eigenvalue weighted by Crippen LogP contribution is -2.40. The summed E-state index contributed by atoms with van der Waals surface area (Å²) < 4.78 is 32.0. The summed E-state index contributed by atoms with van der Waals surface area (Å²) in [7, 11) is -3.79. The van der Waals surface area contributed by atoms with Gasteiger partial charge in [0.05, 0.1) is 28.8 Å². The summed E-state index contributed by atoms with van der Waals surface area (Å²) in [6, 6.07) is 9.42. The van der Waals surface area contributed by atoms with Gasteiger partial charge in [-0.1, -0.05) is 11.6 Å². The molecular weight excluding hydrogens is 422 g/mol. The Kier molecular flexibility index (Phi) is 6.38. The molecule has 1 heterocycles. The third-order valence-corrected chi connectivity index (χ3v) is 6.35. The Bertz CT molecular complexity index is 1020. The summed E-state index contributed by atoms with van der Waals surface area (Å²) in [5.74, 6) is -1.99. The fourth-order valence-electron chi connectivity index (χ4n) is 2.61. The zero-order valence-corrected chi connectivity index (χ0v) is 16.7. The molecule has 2 amide bonds. The van der Waals surface area contributed by atoms with Gasteiger partial charge in [-0.05, 0) is 42.5 Å². The average molecular weight is 440 g/mol. The van der Waals surface area contributed by atoms with Gasteiger partial charge >= 0.3 is 11.8 Å². The minimum Gasteiger partial charge on any atom is -0.508 e. The Morgan fingerprint density at radius 1 is 1.00 bits per heavy atom. The lowest BCUT2D eigenvalue weighted by atomic mass is 10.3. The van der Waals surface area contributed by atoms with Gasteiger partial charge < -0.3 is 20.5 Å². The van der Waals surface area contributed by atoms with Gasteiger partial charge in [0.1, 0.15) is 5.75 Å². The lowest BCUT2D eigenvalue weighted by Gasteiger charge is -2.26. The lowest BCUT2D eigenvalue weighted by molar-refractivity contribution is -0.132. The van der Waals surface area contributed by atoms with E-state index in [1.54, 1.807) is 0 Å². The molecule has 0 aliphatic carbocycles. The number of sulfonamides is 1. The van der Waals surface area contributed by atoms with Crippen molar-refractivity contribution in [2.24, 2.45) is 0 Å². The SMILES string of the molecule is O=C(Nc1ccc(O)cc1)C(=O)Nc1cc(S(=O)(=O)N2CCOCC2)ccc1Cl. The maximum Gasteiger partial charge on any atom is 0.314 e. The van der Waals surface area contributed by atoms with Crippen molar-refractivity contribution in [1.82, 2.24) is 4.31 Å². The van der Waals surface area contributed by atoms with Crippen molar-refractivity contribution >= 4 is 44.8 Å². The normalized spacial score (nSPS) is 14.9. The maximum absolute atomic E-state index is 12.8. The second-order valence-corrected chi connectivity index (χ2v) is 8.46. The molecule has 0 saturated carbocycles. The number of hydrogen-bond donors (Lipinski definition) is 3. The van der Waals surface area contributed by atoms with Crippen LogP contribution in [-0.2, 0) is 24.3 Å². The molecule has 3 rings (SSSR count). The highest BCUT2D eigenvalue weighted by molar-refractivity contribution is 7.89. The smallest absolute Gasteiger partial charge is 0.314 e. The van der Waals surface area contributed by atoms with E-state index >= 15 is 0 Å². The molecule has 0 spiro atoms. The van der Waals surface area contributed by atoms with E-state index in [-0.39, 0.29) is 34.4 Å². The van der Waals surface area contributed by atoms with Crippen molar-refractivity contribution in [1.29, 1.82) is 0 Å². The first-order chi connectivity index (χ1) is 13.8. The molecule has 0 bridgehead atoms. The molecule has 11 heteroatoms. The molecule has 29 heavy (non-hydrogen) atoms. The first-order valence-corrected chi connectivity index (χ1v) is 10.4. The van der Waals surface area contributed by atoms with Gasteiger partial charge in [0.25, 0.3) is 0 Å². The molecule has 1 aliphatic heterocycles. The van der Waals surface area contributed by atoms with Gasteiger partial charge in [0.15, 0.2) is 0 Å². The molecule has 2 aromatic carbocycles. The molecule has 154 valence electrons. The minimum absolute atomic E-state index is 0.00754. The van der Waals surface area contributed by atoms with Crippen LogP contribution < -0.4 is 10.6 Å². The minimum atomic E-state index is -3.79. The van der Waals surface area contributed by atoms with E-state index in [9.17, 15) is 23.1 Å². The van der Waals surface area contributed by atoms with E-state index in [4.69, 9.17) is 16.3 Å². The predicted octanol–water partition coefficient (Wildman–Crippen LogP) is 1.64. The van der Waals surface area contributed by atoms with Crippen LogP contribution in [0.3, 0.4) is 0 Å². The number of benzene rings is 2. The number of carbonyl (C=O) groups is 2. The number of nitrogens with one attached hydrogen (secondary N) is 2. The Hall–Kier alpha value is -2.66. The highest BCUT2D eigenvalue weighted by Gasteiger charge is 2.27. The monoisotopic (exact) mass is 439 g/mol. The molecule has 2 aromatic rings. The molecule has 1 fully saturated rings. The van der Waals surface area contributed by atoms with Crippen LogP contribution in [0.15, 0.2) is 47.4 Å². The highest BCUT2D eigenvalue weighted by Crippen LogP contribution is 2.27. The summed E-state index contributed by atoms with van der Waals surface area (Å²) in [6.45, 7) is 1.05. The summed E-state index contributed by atoms with van der Waals surface area (Å²) in [5, 5.41) is 14.0. The van der Waals surface area contributed by atoms with Crippen LogP contribution >= 0.6 is 11.6 Å². The number of ether oxygens (including phenoxy) is 1. The fraction of sp³-hybridized carbons (Fsp3) is 0.222. The van der Waals surface area contributed by atoms with Gasteiger partial charge in [-0.25, -0.2) is 8.42 Å². The molecular formula is C18H18ClN3O6S. The van der Waals surface area contributed by atoms with Gasteiger partial charge in [-0.15, -0.1) is 0 Å². The van der Waals surface area contributed by atoms with Crippen LogP contribution in [0, 0.1) is 0 Å². The number of rotatable bonds is 4. The van der Waals surface area contributed by atoms with Crippen molar-refractivity contribution in [2.45, 2.75) is 4.90 Å².